The van der Waals surface area contributed by atoms with Crippen molar-refractivity contribution in [2.75, 3.05) is 12.8 Å². The van der Waals surface area contributed by atoms with E-state index in [9.17, 15) is 4.21 Å². The minimum Gasteiger partial charge on any atom is -0.314 e. The van der Waals surface area contributed by atoms with Gasteiger partial charge in [-0.1, -0.05) is 40.5 Å². The van der Waals surface area contributed by atoms with E-state index in [1.807, 2.05) is 6.26 Å². The van der Waals surface area contributed by atoms with Gasteiger partial charge in [-0.15, -0.1) is 0 Å². The minimum absolute atomic E-state index is 0.314. The van der Waals surface area contributed by atoms with Gasteiger partial charge in [-0.2, -0.15) is 0 Å². The molecule has 0 aromatic rings. The van der Waals surface area contributed by atoms with Gasteiger partial charge in [0.05, 0.1) is 0 Å². The molecule has 0 radical (unpaired) electrons. The Morgan fingerprint density at radius 1 is 1.28 bits per heavy atom. The maximum atomic E-state index is 11.3. The van der Waals surface area contributed by atoms with Crippen LogP contribution in [0, 0.1) is 11.3 Å². The van der Waals surface area contributed by atoms with E-state index >= 15 is 0 Å². The van der Waals surface area contributed by atoms with E-state index in [0.29, 0.717) is 16.7 Å². The monoisotopic (exact) mass is 273 g/mol. The van der Waals surface area contributed by atoms with E-state index in [2.05, 4.69) is 33.0 Å². The molecule has 2 nitrogen and oxygen atoms in total. The Morgan fingerprint density at radius 3 is 2.44 bits per heavy atom. The second-order valence-corrected chi connectivity index (χ2v) is 8.72. The molecule has 0 heterocycles. The fourth-order valence-corrected chi connectivity index (χ4v) is 3.50. The quantitative estimate of drug-likeness (QED) is 0.832. The lowest BCUT2D eigenvalue weighted by atomic mass is 9.69. The van der Waals surface area contributed by atoms with Crippen molar-refractivity contribution in [1.29, 1.82) is 0 Å². The topological polar surface area (TPSA) is 29.1 Å². The molecule has 0 amide bonds. The van der Waals surface area contributed by atoms with Crippen molar-refractivity contribution in [2.24, 2.45) is 11.3 Å². The first kappa shape index (κ1) is 16.2. The smallest absolute Gasteiger partial charge is 0.0329 e. The van der Waals surface area contributed by atoms with Gasteiger partial charge >= 0.3 is 0 Å². The Morgan fingerprint density at radius 2 is 1.89 bits per heavy atom. The van der Waals surface area contributed by atoms with Gasteiger partial charge in [0.25, 0.3) is 0 Å². The van der Waals surface area contributed by atoms with Gasteiger partial charge in [-0.25, -0.2) is 0 Å². The Kier molecular flexibility index (Phi) is 6.32. The number of rotatable bonds is 5. The lowest BCUT2D eigenvalue weighted by Crippen LogP contribution is -2.45. The van der Waals surface area contributed by atoms with Gasteiger partial charge in [0.1, 0.15) is 0 Å². The normalized spacial score (nSPS) is 28.9. The van der Waals surface area contributed by atoms with Crippen molar-refractivity contribution in [3.63, 3.8) is 0 Å². The molecule has 18 heavy (non-hydrogen) atoms. The summed E-state index contributed by atoms with van der Waals surface area (Å²) in [5, 5.41) is 4.04. The van der Waals surface area contributed by atoms with Gasteiger partial charge < -0.3 is 5.32 Å². The summed E-state index contributed by atoms with van der Waals surface area (Å²) < 4.78 is 11.3. The van der Waals surface area contributed by atoms with Crippen molar-refractivity contribution in [3.8, 4) is 0 Å². The largest absolute Gasteiger partial charge is 0.314 e. The number of nitrogens with one attached hydrogen (secondary N) is 1. The van der Waals surface area contributed by atoms with Gasteiger partial charge in [0.2, 0.25) is 0 Å². The van der Waals surface area contributed by atoms with Gasteiger partial charge in [0.15, 0.2) is 0 Å². The lowest BCUT2D eigenvalue weighted by molar-refractivity contribution is 0.131. The molecule has 4 atom stereocenters. The van der Waals surface area contributed by atoms with Crippen molar-refractivity contribution < 1.29 is 4.21 Å². The van der Waals surface area contributed by atoms with E-state index in [0.717, 1.165) is 18.9 Å². The summed E-state index contributed by atoms with van der Waals surface area (Å²) >= 11 is 0. The fraction of sp³-hybridized carbons (Fsp3) is 1.00. The first-order chi connectivity index (χ1) is 8.32. The summed E-state index contributed by atoms with van der Waals surface area (Å²) in [6, 6.07) is 0.663. The molecule has 108 valence electrons. The van der Waals surface area contributed by atoms with Gasteiger partial charge in [-0.05, 0) is 37.1 Å². The molecule has 1 saturated carbocycles. The number of hydrogen-bond donors (Lipinski definition) is 1. The maximum Gasteiger partial charge on any atom is 0.0329 e. The van der Waals surface area contributed by atoms with Crippen LogP contribution in [-0.4, -0.2) is 28.3 Å². The molecular weight excluding hydrogens is 242 g/mol. The molecule has 1 aliphatic carbocycles. The molecule has 4 unspecified atom stereocenters. The highest BCUT2D eigenvalue weighted by molar-refractivity contribution is 7.84. The highest BCUT2D eigenvalue weighted by Crippen LogP contribution is 2.37. The Balaban J connectivity index is 2.41. The van der Waals surface area contributed by atoms with E-state index in [4.69, 9.17) is 0 Å². The first-order valence-electron chi connectivity index (χ1n) is 7.38. The lowest BCUT2D eigenvalue weighted by Gasteiger charge is -2.41. The van der Waals surface area contributed by atoms with Crippen LogP contribution in [0.1, 0.15) is 59.8 Å². The molecule has 1 rings (SSSR count). The summed E-state index contributed by atoms with van der Waals surface area (Å²) in [4.78, 5) is 0. The Hall–Kier alpha value is 0.110. The van der Waals surface area contributed by atoms with Crippen molar-refractivity contribution >= 4 is 10.8 Å². The molecule has 3 heteroatoms. The third-order valence-electron chi connectivity index (χ3n) is 4.40. The van der Waals surface area contributed by atoms with Gasteiger partial charge in [-0.3, -0.25) is 4.21 Å². The zero-order valence-corrected chi connectivity index (χ0v) is 13.6. The molecule has 0 aromatic heterocycles. The second kappa shape index (κ2) is 7.04. The molecule has 0 spiro atoms. The average molecular weight is 273 g/mol. The van der Waals surface area contributed by atoms with Crippen LogP contribution in [0.5, 0.6) is 0 Å². The maximum absolute atomic E-state index is 11.3. The van der Waals surface area contributed by atoms with Crippen LogP contribution in [0.15, 0.2) is 0 Å². The van der Waals surface area contributed by atoms with Crippen LogP contribution in [0.2, 0.25) is 0 Å². The summed E-state index contributed by atoms with van der Waals surface area (Å²) in [5.74, 6) is 0.786. The number of hydrogen-bond acceptors (Lipinski definition) is 2. The fourth-order valence-electron chi connectivity index (χ4n) is 3.05. The molecule has 0 saturated heterocycles. The molecule has 0 aliphatic heterocycles. The average Bonchev–Trinajstić information content (AvgIpc) is 2.28. The SMILES string of the molecule is CC(CCNC1CCCCC1C(C)(C)C)S(C)=O. The highest BCUT2D eigenvalue weighted by atomic mass is 32.2. The van der Waals surface area contributed by atoms with Crippen LogP contribution in [-0.2, 0) is 10.8 Å². The van der Waals surface area contributed by atoms with Crippen LogP contribution < -0.4 is 5.32 Å². The van der Waals surface area contributed by atoms with E-state index in [1.165, 1.54) is 25.7 Å². The predicted molar refractivity (Wildman–Crippen MR) is 81.3 cm³/mol. The first-order valence-corrected chi connectivity index (χ1v) is 9.00. The standard InChI is InChI=1S/C15H31NOS/c1-12(18(5)17)10-11-16-14-9-7-6-8-13(14)15(2,3)4/h12-14,16H,6-11H2,1-5H3. The van der Waals surface area contributed by atoms with Crippen LogP contribution >= 0.6 is 0 Å². The third-order valence-corrected chi connectivity index (χ3v) is 5.77. The molecular formula is C15H31NOS. The summed E-state index contributed by atoms with van der Waals surface area (Å²) in [6.07, 6.45) is 8.25. The molecule has 1 N–H and O–H groups in total. The summed E-state index contributed by atoms with van der Waals surface area (Å²) in [7, 11) is -0.683. The predicted octanol–water partition coefficient (Wildman–Crippen LogP) is 3.34. The van der Waals surface area contributed by atoms with Gasteiger partial charge in [0, 0.05) is 28.3 Å². The van der Waals surface area contributed by atoms with Crippen LogP contribution in [0.4, 0.5) is 0 Å². The third kappa shape index (κ3) is 5.00. The van der Waals surface area contributed by atoms with E-state index < -0.39 is 10.8 Å². The van der Waals surface area contributed by atoms with E-state index in [-0.39, 0.29) is 0 Å². The highest BCUT2D eigenvalue weighted by Gasteiger charge is 2.33. The second-order valence-electron chi connectivity index (χ2n) is 6.92. The zero-order chi connectivity index (χ0) is 13.8. The van der Waals surface area contributed by atoms with E-state index in [1.54, 1.807) is 0 Å². The van der Waals surface area contributed by atoms with Crippen molar-refractivity contribution in [2.45, 2.75) is 71.1 Å². The summed E-state index contributed by atoms with van der Waals surface area (Å²) in [5.41, 5.74) is 0.400. The Labute approximate surface area is 116 Å². The molecule has 0 bridgehead atoms. The molecule has 0 aromatic carbocycles. The Bertz CT molecular complexity index is 272. The van der Waals surface area contributed by atoms with Crippen LogP contribution in [0.3, 0.4) is 0 Å². The minimum atomic E-state index is -0.683. The molecule has 1 fully saturated rings. The van der Waals surface area contributed by atoms with Crippen molar-refractivity contribution in [1.82, 2.24) is 5.32 Å². The van der Waals surface area contributed by atoms with Crippen molar-refractivity contribution in [3.05, 3.63) is 0 Å². The van der Waals surface area contributed by atoms with Crippen LogP contribution in [0.25, 0.3) is 0 Å². The summed E-state index contributed by atoms with van der Waals surface area (Å²) in [6.45, 7) is 10.2. The molecule has 1 aliphatic rings. The zero-order valence-electron chi connectivity index (χ0n) is 12.8.